The number of carbonyl (C=O) groups is 2. The van der Waals surface area contributed by atoms with Crippen LogP contribution in [-0.2, 0) is 16.1 Å². The summed E-state index contributed by atoms with van der Waals surface area (Å²) in [5, 5.41) is 0. The maximum Gasteiger partial charge on any atom is 0.226 e. The van der Waals surface area contributed by atoms with Gasteiger partial charge in [0.25, 0.3) is 0 Å². The molecule has 1 saturated carbocycles. The lowest BCUT2D eigenvalue weighted by Gasteiger charge is -2.35. The number of imidazole rings is 1. The molecule has 2 heterocycles. The summed E-state index contributed by atoms with van der Waals surface area (Å²) >= 11 is 0. The molecular weight excluding hydrogens is 280 g/mol. The summed E-state index contributed by atoms with van der Waals surface area (Å²) in [6.07, 6.45) is 7.85. The van der Waals surface area contributed by atoms with E-state index in [0.29, 0.717) is 44.4 Å². The molecule has 22 heavy (non-hydrogen) atoms. The van der Waals surface area contributed by atoms with Crippen LogP contribution in [0, 0.1) is 11.8 Å². The molecule has 3 rings (SSSR count). The number of amides is 2. The van der Waals surface area contributed by atoms with Gasteiger partial charge < -0.3 is 14.4 Å². The topological polar surface area (TPSA) is 58.4 Å². The summed E-state index contributed by atoms with van der Waals surface area (Å²) < 4.78 is 1.99. The lowest BCUT2D eigenvalue weighted by Crippen LogP contribution is -2.51. The predicted molar refractivity (Wildman–Crippen MR) is 81.9 cm³/mol. The largest absolute Gasteiger partial charge is 0.339 e. The fraction of sp³-hybridized carbons (Fsp3) is 0.688. The van der Waals surface area contributed by atoms with Crippen LogP contribution in [0.25, 0.3) is 0 Å². The van der Waals surface area contributed by atoms with E-state index in [-0.39, 0.29) is 11.8 Å². The first-order valence-corrected chi connectivity index (χ1v) is 8.17. The highest BCUT2D eigenvalue weighted by Crippen LogP contribution is 2.39. The summed E-state index contributed by atoms with van der Waals surface area (Å²) in [6, 6.07) is 0. The standard InChI is InChI=1S/C16H24N4O2/c1-13-11-14(13)16(22)20-9-7-19(8-10-20)15(21)3-2-5-18-6-4-17-12-18/h4,6,12-14H,2-3,5,7-11H2,1H3/t13-,14-/m1/s1. The first-order chi connectivity index (χ1) is 10.6. The number of nitrogens with zero attached hydrogens (tertiary/aromatic N) is 4. The second kappa shape index (κ2) is 6.50. The molecule has 2 atom stereocenters. The number of aryl methyl sites for hydroxylation is 1. The highest BCUT2D eigenvalue weighted by molar-refractivity contribution is 5.82. The van der Waals surface area contributed by atoms with Crippen LogP contribution >= 0.6 is 0 Å². The number of rotatable bonds is 5. The van der Waals surface area contributed by atoms with E-state index in [4.69, 9.17) is 0 Å². The van der Waals surface area contributed by atoms with Crippen molar-refractivity contribution in [1.82, 2.24) is 19.4 Å². The van der Waals surface area contributed by atoms with Crippen molar-refractivity contribution in [2.45, 2.75) is 32.7 Å². The van der Waals surface area contributed by atoms with Crippen LogP contribution in [0.3, 0.4) is 0 Å². The van der Waals surface area contributed by atoms with Crippen molar-refractivity contribution < 1.29 is 9.59 Å². The average Bonchev–Trinajstić information content (AvgIpc) is 3.04. The van der Waals surface area contributed by atoms with E-state index >= 15 is 0 Å². The third-order valence-corrected chi connectivity index (χ3v) is 4.74. The molecule has 1 aliphatic heterocycles. The summed E-state index contributed by atoms with van der Waals surface area (Å²) in [7, 11) is 0. The zero-order valence-electron chi connectivity index (χ0n) is 13.1. The number of hydrogen-bond acceptors (Lipinski definition) is 3. The zero-order chi connectivity index (χ0) is 15.5. The van der Waals surface area contributed by atoms with Crippen molar-refractivity contribution in [3.8, 4) is 0 Å². The second-order valence-electron chi connectivity index (χ2n) is 6.43. The Hall–Kier alpha value is -1.85. The first-order valence-electron chi connectivity index (χ1n) is 8.17. The Labute approximate surface area is 131 Å². The molecule has 0 radical (unpaired) electrons. The molecule has 2 amide bonds. The molecular formula is C16H24N4O2. The molecule has 0 spiro atoms. The van der Waals surface area contributed by atoms with Crippen molar-refractivity contribution in [1.29, 1.82) is 0 Å². The van der Waals surface area contributed by atoms with Gasteiger partial charge in [-0.15, -0.1) is 0 Å². The van der Waals surface area contributed by atoms with Gasteiger partial charge in [-0.25, -0.2) is 4.98 Å². The fourth-order valence-electron chi connectivity index (χ4n) is 3.07. The Bertz CT molecular complexity index is 520. The van der Waals surface area contributed by atoms with Gasteiger partial charge in [0.2, 0.25) is 11.8 Å². The van der Waals surface area contributed by atoms with Crippen molar-refractivity contribution in [2.24, 2.45) is 11.8 Å². The molecule has 1 saturated heterocycles. The monoisotopic (exact) mass is 304 g/mol. The second-order valence-corrected chi connectivity index (χ2v) is 6.43. The van der Waals surface area contributed by atoms with E-state index in [2.05, 4.69) is 11.9 Å². The van der Waals surface area contributed by atoms with Crippen LogP contribution in [0.1, 0.15) is 26.2 Å². The van der Waals surface area contributed by atoms with Gasteiger partial charge in [0.1, 0.15) is 0 Å². The normalized spacial score (nSPS) is 24.4. The Kier molecular flexibility index (Phi) is 4.45. The van der Waals surface area contributed by atoms with E-state index < -0.39 is 0 Å². The molecule has 6 nitrogen and oxygen atoms in total. The summed E-state index contributed by atoms with van der Waals surface area (Å²) in [5.74, 6) is 1.29. The highest BCUT2D eigenvalue weighted by Gasteiger charge is 2.42. The maximum absolute atomic E-state index is 12.2. The number of carbonyl (C=O) groups excluding carboxylic acids is 2. The first kappa shape index (κ1) is 15.1. The van der Waals surface area contributed by atoms with Crippen LogP contribution in [0.15, 0.2) is 18.7 Å². The minimum absolute atomic E-state index is 0.201. The minimum atomic E-state index is 0.201. The lowest BCUT2D eigenvalue weighted by atomic mass is 10.2. The Morgan fingerprint density at radius 1 is 1.18 bits per heavy atom. The van der Waals surface area contributed by atoms with Crippen LogP contribution in [0.2, 0.25) is 0 Å². The van der Waals surface area contributed by atoms with Gasteiger partial charge in [-0.1, -0.05) is 6.92 Å². The van der Waals surface area contributed by atoms with Crippen LogP contribution in [0.5, 0.6) is 0 Å². The number of hydrogen-bond donors (Lipinski definition) is 0. The number of aromatic nitrogens is 2. The van der Waals surface area contributed by atoms with E-state index in [1.807, 2.05) is 20.6 Å². The van der Waals surface area contributed by atoms with Crippen LogP contribution in [-0.4, -0.2) is 57.3 Å². The summed E-state index contributed by atoms with van der Waals surface area (Å²) in [5.41, 5.74) is 0. The molecule has 120 valence electrons. The van der Waals surface area contributed by atoms with Crippen LogP contribution in [0.4, 0.5) is 0 Å². The molecule has 1 aromatic heterocycles. The summed E-state index contributed by atoms with van der Waals surface area (Å²) in [4.78, 5) is 32.2. The van der Waals surface area contributed by atoms with E-state index in [1.54, 1.807) is 12.5 Å². The Morgan fingerprint density at radius 2 is 1.86 bits per heavy atom. The van der Waals surface area contributed by atoms with Gasteiger partial charge in [0, 0.05) is 57.5 Å². The molecule has 0 unspecified atom stereocenters. The molecule has 1 aromatic rings. The summed E-state index contributed by atoms with van der Waals surface area (Å²) in [6.45, 7) is 5.69. The van der Waals surface area contributed by atoms with Gasteiger partial charge in [-0.05, 0) is 18.8 Å². The quantitative estimate of drug-likeness (QED) is 0.815. The fourth-order valence-corrected chi connectivity index (χ4v) is 3.07. The average molecular weight is 304 g/mol. The molecule has 0 aromatic carbocycles. The smallest absolute Gasteiger partial charge is 0.226 e. The highest BCUT2D eigenvalue weighted by atomic mass is 16.2. The van der Waals surface area contributed by atoms with E-state index in [0.717, 1.165) is 19.4 Å². The lowest BCUT2D eigenvalue weighted by molar-refractivity contribution is -0.140. The third-order valence-electron chi connectivity index (χ3n) is 4.74. The van der Waals surface area contributed by atoms with E-state index in [1.165, 1.54) is 0 Å². The number of piperazine rings is 1. The van der Waals surface area contributed by atoms with Gasteiger partial charge in [-0.3, -0.25) is 9.59 Å². The van der Waals surface area contributed by atoms with Crippen molar-refractivity contribution in [3.05, 3.63) is 18.7 Å². The van der Waals surface area contributed by atoms with Gasteiger partial charge in [-0.2, -0.15) is 0 Å². The van der Waals surface area contributed by atoms with Gasteiger partial charge >= 0.3 is 0 Å². The third kappa shape index (κ3) is 3.48. The van der Waals surface area contributed by atoms with Crippen molar-refractivity contribution in [3.63, 3.8) is 0 Å². The molecule has 0 bridgehead atoms. The maximum atomic E-state index is 12.2. The molecule has 6 heteroatoms. The van der Waals surface area contributed by atoms with Gasteiger partial charge in [0.15, 0.2) is 0 Å². The van der Waals surface area contributed by atoms with Gasteiger partial charge in [0.05, 0.1) is 6.33 Å². The molecule has 0 N–H and O–H groups in total. The molecule has 2 aliphatic rings. The van der Waals surface area contributed by atoms with Crippen LogP contribution < -0.4 is 0 Å². The minimum Gasteiger partial charge on any atom is -0.339 e. The Morgan fingerprint density at radius 3 is 2.45 bits per heavy atom. The Balaban J connectivity index is 1.37. The molecule has 2 fully saturated rings. The SMILES string of the molecule is C[C@@H]1C[C@H]1C(=O)N1CCN(C(=O)CCCn2ccnc2)CC1. The van der Waals surface area contributed by atoms with Crippen molar-refractivity contribution >= 4 is 11.8 Å². The van der Waals surface area contributed by atoms with E-state index in [9.17, 15) is 9.59 Å². The van der Waals surface area contributed by atoms with Crippen molar-refractivity contribution in [2.75, 3.05) is 26.2 Å². The zero-order valence-corrected chi connectivity index (χ0v) is 13.1. The molecule has 1 aliphatic carbocycles. The predicted octanol–water partition coefficient (Wildman–Crippen LogP) is 0.990.